The highest BCUT2D eigenvalue weighted by Gasteiger charge is 2.16. The van der Waals surface area contributed by atoms with Crippen molar-refractivity contribution in [1.82, 2.24) is 4.57 Å². The van der Waals surface area contributed by atoms with Crippen LogP contribution < -0.4 is 14.3 Å². The second kappa shape index (κ2) is 11.5. The van der Waals surface area contributed by atoms with Crippen LogP contribution in [0, 0.1) is 0 Å². The number of unbranched alkanes of at least 4 members (excludes halogenated alkanes) is 2. The average molecular weight is 457 g/mol. The maximum Gasteiger partial charge on any atom is 0.325 e. The molecule has 3 rings (SSSR count). The quantitative estimate of drug-likeness (QED) is 0.329. The Labute approximate surface area is 191 Å². The predicted molar refractivity (Wildman–Crippen MR) is 124 cm³/mol. The summed E-state index contributed by atoms with van der Waals surface area (Å²) in [5.74, 6) is 0.519. The summed E-state index contributed by atoms with van der Waals surface area (Å²) >= 11 is 1.32. The van der Waals surface area contributed by atoms with E-state index in [0.29, 0.717) is 34.8 Å². The first-order valence-electron chi connectivity index (χ1n) is 10.7. The van der Waals surface area contributed by atoms with Crippen LogP contribution in [0.25, 0.3) is 10.2 Å². The minimum atomic E-state index is -0.436. The van der Waals surface area contributed by atoms with Crippen LogP contribution in [0.4, 0.5) is 0 Å². The predicted octanol–water partition coefficient (Wildman–Crippen LogP) is 4.58. The van der Waals surface area contributed by atoms with E-state index in [-0.39, 0.29) is 6.54 Å². The monoisotopic (exact) mass is 456 g/mol. The highest BCUT2D eigenvalue weighted by atomic mass is 32.1. The zero-order valence-electron chi connectivity index (χ0n) is 18.6. The first kappa shape index (κ1) is 23.5. The van der Waals surface area contributed by atoms with E-state index in [1.54, 1.807) is 28.8 Å². The molecule has 0 saturated carbocycles. The molecule has 3 aromatic rings. The molecule has 0 aliphatic rings. The Morgan fingerprint density at radius 2 is 1.81 bits per heavy atom. The second-order valence-corrected chi connectivity index (χ2v) is 8.09. The third kappa shape index (κ3) is 5.76. The van der Waals surface area contributed by atoms with Crippen LogP contribution in [-0.2, 0) is 16.1 Å². The van der Waals surface area contributed by atoms with E-state index in [1.807, 2.05) is 25.1 Å². The Morgan fingerprint density at radius 3 is 2.50 bits per heavy atom. The van der Waals surface area contributed by atoms with Crippen molar-refractivity contribution in [3.8, 4) is 11.5 Å². The molecule has 1 amide bonds. The number of nitrogens with zero attached hydrogens (tertiary/aromatic N) is 2. The number of ether oxygens (including phenoxy) is 3. The van der Waals surface area contributed by atoms with Crippen LogP contribution in [0.5, 0.6) is 11.5 Å². The fraction of sp³-hybridized carbons (Fsp3) is 0.375. The standard InChI is InChI=1S/C24H28N2O5S/c1-4-6-7-15-31-18-13-11-17(12-14-18)23(28)25-24-26(16-21(27)29-3)22-19(30-5-2)9-8-10-20(22)32-24/h8-14H,4-7,15-16H2,1-3H3. The normalized spacial score (nSPS) is 11.5. The second-order valence-electron chi connectivity index (χ2n) is 7.08. The molecule has 0 unspecified atom stereocenters. The molecule has 1 heterocycles. The molecule has 0 atom stereocenters. The number of hydrogen-bond acceptors (Lipinski definition) is 6. The van der Waals surface area contributed by atoms with Gasteiger partial charge in [0, 0.05) is 5.56 Å². The van der Waals surface area contributed by atoms with Gasteiger partial charge in [-0.25, -0.2) is 0 Å². The van der Waals surface area contributed by atoms with Gasteiger partial charge in [0.25, 0.3) is 5.91 Å². The summed E-state index contributed by atoms with van der Waals surface area (Å²) in [4.78, 5) is 29.6. The molecular weight excluding hydrogens is 428 g/mol. The SMILES string of the molecule is CCCCCOc1ccc(C(=O)N=c2sc3cccc(OCC)c3n2CC(=O)OC)cc1. The van der Waals surface area contributed by atoms with Crippen molar-refractivity contribution in [1.29, 1.82) is 0 Å². The molecule has 1 aromatic heterocycles. The Bertz CT molecular complexity index is 1130. The van der Waals surface area contributed by atoms with Gasteiger partial charge < -0.3 is 18.8 Å². The molecule has 7 nitrogen and oxygen atoms in total. The van der Waals surface area contributed by atoms with Gasteiger partial charge in [-0.2, -0.15) is 4.99 Å². The Morgan fingerprint density at radius 1 is 1.03 bits per heavy atom. The van der Waals surface area contributed by atoms with Crippen molar-refractivity contribution in [3.05, 3.63) is 52.8 Å². The van der Waals surface area contributed by atoms with E-state index in [4.69, 9.17) is 14.2 Å². The number of benzene rings is 2. The fourth-order valence-electron chi connectivity index (χ4n) is 3.18. The van der Waals surface area contributed by atoms with Gasteiger partial charge in [-0.15, -0.1) is 0 Å². The van der Waals surface area contributed by atoms with Gasteiger partial charge in [0.15, 0.2) is 4.80 Å². The zero-order valence-corrected chi connectivity index (χ0v) is 19.4. The summed E-state index contributed by atoms with van der Waals surface area (Å²) in [6.07, 6.45) is 3.27. The third-order valence-corrected chi connectivity index (χ3v) is 5.84. The number of fused-ring (bicyclic) bond motifs is 1. The van der Waals surface area contributed by atoms with E-state index in [2.05, 4.69) is 11.9 Å². The summed E-state index contributed by atoms with van der Waals surface area (Å²) in [5, 5.41) is 0. The maximum atomic E-state index is 12.9. The van der Waals surface area contributed by atoms with Gasteiger partial charge in [-0.3, -0.25) is 9.59 Å². The number of thiazole rings is 1. The van der Waals surface area contributed by atoms with Gasteiger partial charge in [0.1, 0.15) is 23.6 Å². The van der Waals surface area contributed by atoms with Crippen molar-refractivity contribution in [2.45, 2.75) is 39.7 Å². The molecule has 0 radical (unpaired) electrons. The van der Waals surface area contributed by atoms with Gasteiger partial charge in [-0.05, 0) is 49.7 Å². The summed E-state index contributed by atoms with van der Waals surface area (Å²) in [7, 11) is 1.33. The number of methoxy groups -OCH3 is 1. The molecule has 8 heteroatoms. The van der Waals surface area contributed by atoms with Crippen LogP contribution >= 0.6 is 11.3 Å². The van der Waals surface area contributed by atoms with Crippen molar-refractivity contribution >= 4 is 33.4 Å². The van der Waals surface area contributed by atoms with Crippen molar-refractivity contribution in [2.24, 2.45) is 4.99 Å². The van der Waals surface area contributed by atoms with Gasteiger partial charge >= 0.3 is 5.97 Å². The van der Waals surface area contributed by atoms with E-state index in [1.165, 1.54) is 18.4 Å². The lowest BCUT2D eigenvalue weighted by atomic mass is 10.2. The number of rotatable bonds is 10. The largest absolute Gasteiger partial charge is 0.494 e. The Kier molecular flexibility index (Phi) is 8.44. The number of aromatic nitrogens is 1. The summed E-state index contributed by atoms with van der Waals surface area (Å²) < 4.78 is 18.8. The van der Waals surface area contributed by atoms with Crippen LogP contribution in [0.2, 0.25) is 0 Å². The summed E-state index contributed by atoms with van der Waals surface area (Å²) in [6, 6.07) is 12.6. The molecule has 0 bridgehead atoms. The van der Waals surface area contributed by atoms with E-state index >= 15 is 0 Å². The number of carbonyl (C=O) groups is 2. The molecule has 0 N–H and O–H groups in total. The molecule has 0 spiro atoms. The number of hydrogen-bond donors (Lipinski definition) is 0. The summed E-state index contributed by atoms with van der Waals surface area (Å²) in [6.45, 7) is 5.10. The molecular formula is C24H28N2O5S. The molecule has 2 aromatic carbocycles. The fourth-order valence-corrected chi connectivity index (χ4v) is 4.23. The van der Waals surface area contributed by atoms with Crippen LogP contribution in [0.1, 0.15) is 43.5 Å². The Balaban J connectivity index is 1.92. The minimum absolute atomic E-state index is 0.0722. The lowest BCUT2D eigenvalue weighted by Gasteiger charge is -2.09. The smallest absolute Gasteiger partial charge is 0.325 e. The van der Waals surface area contributed by atoms with Gasteiger partial charge in [-0.1, -0.05) is 37.2 Å². The molecule has 0 aliphatic heterocycles. The van der Waals surface area contributed by atoms with Gasteiger partial charge in [0.2, 0.25) is 0 Å². The topological polar surface area (TPSA) is 79.1 Å². The third-order valence-electron chi connectivity index (χ3n) is 4.79. The molecule has 32 heavy (non-hydrogen) atoms. The number of carbonyl (C=O) groups excluding carboxylic acids is 2. The zero-order chi connectivity index (χ0) is 22.9. The van der Waals surface area contributed by atoms with Crippen molar-refractivity contribution in [2.75, 3.05) is 20.3 Å². The van der Waals surface area contributed by atoms with Crippen LogP contribution in [0.3, 0.4) is 0 Å². The number of esters is 1. The molecule has 0 saturated heterocycles. The van der Waals surface area contributed by atoms with Gasteiger partial charge in [0.05, 0.1) is 25.0 Å². The first-order chi connectivity index (χ1) is 15.6. The first-order valence-corrected chi connectivity index (χ1v) is 11.5. The summed E-state index contributed by atoms with van der Waals surface area (Å²) in [5.41, 5.74) is 1.16. The number of para-hydroxylation sites is 1. The molecule has 0 fully saturated rings. The highest BCUT2D eigenvalue weighted by molar-refractivity contribution is 7.16. The lowest BCUT2D eigenvalue weighted by Crippen LogP contribution is -2.22. The molecule has 170 valence electrons. The van der Waals surface area contributed by atoms with E-state index in [9.17, 15) is 9.59 Å². The average Bonchev–Trinajstić information content (AvgIpc) is 3.14. The van der Waals surface area contributed by atoms with E-state index in [0.717, 1.165) is 29.7 Å². The van der Waals surface area contributed by atoms with Crippen molar-refractivity contribution < 1.29 is 23.8 Å². The van der Waals surface area contributed by atoms with Crippen LogP contribution in [0.15, 0.2) is 47.5 Å². The lowest BCUT2D eigenvalue weighted by molar-refractivity contribution is -0.141. The maximum absolute atomic E-state index is 12.9. The minimum Gasteiger partial charge on any atom is -0.494 e. The van der Waals surface area contributed by atoms with Crippen molar-refractivity contribution in [3.63, 3.8) is 0 Å². The van der Waals surface area contributed by atoms with Crippen LogP contribution in [-0.4, -0.2) is 36.8 Å². The molecule has 0 aliphatic carbocycles. The van der Waals surface area contributed by atoms with E-state index < -0.39 is 11.9 Å². The number of amides is 1. The Hall–Kier alpha value is -3.13. The highest BCUT2D eigenvalue weighted by Crippen LogP contribution is 2.27.